The number of anilines is 1. The average Bonchev–Trinajstić information content (AvgIpc) is 2.62. The highest BCUT2D eigenvalue weighted by molar-refractivity contribution is 6.04. The summed E-state index contributed by atoms with van der Waals surface area (Å²) in [7, 11) is 2.23. The topological polar surface area (TPSA) is 32.3 Å². The molecule has 1 aliphatic rings. The van der Waals surface area contributed by atoms with Gasteiger partial charge in [0.05, 0.1) is 0 Å². The van der Waals surface area contributed by atoms with Gasteiger partial charge < -0.3 is 10.2 Å². The van der Waals surface area contributed by atoms with Gasteiger partial charge in [0.2, 0.25) is 0 Å². The summed E-state index contributed by atoms with van der Waals surface area (Å²) in [5.41, 5.74) is 4.02. The Morgan fingerprint density at radius 1 is 1.12 bits per heavy atom. The number of nitrogens with one attached hydrogen (secondary N) is 1. The Balaban J connectivity index is 1.66. The van der Waals surface area contributed by atoms with Crippen LogP contribution in [0.25, 0.3) is 0 Å². The lowest BCUT2D eigenvalue weighted by molar-refractivity contribution is 0.102. The molecule has 132 valence electrons. The van der Waals surface area contributed by atoms with E-state index in [0.29, 0.717) is 11.6 Å². The molecule has 25 heavy (non-hydrogen) atoms. The zero-order valence-corrected chi connectivity index (χ0v) is 15.3. The summed E-state index contributed by atoms with van der Waals surface area (Å²) >= 11 is 0. The predicted molar refractivity (Wildman–Crippen MR) is 104 cm³/mol. The monoisotopic (exact) mass is 336 g/mol. The maximum atomic E-state index is 12.5. The number of nitrogens with zero attached hydrogens (tertiary/aromatic N) is 1. The van der Waals surface area contributed by atoms with E-state index in [4.69, 9.17) is 0 Å². The van der Waals surface area contributed by atoms with Crippen LogP contribution in [0.3, 0.4) is 0 Å². The summed E-state index contributed by atoms with van der Waals surface area (Å²) in [6, 6.07) is 16.5. The largest absolute Gasteiger partial charge is 0.322 e. The van der Waals surface area contributed by atoms with E-state index >= 15 is 0 Å². The zero-order chi connectivity index (χ0) is 17.6. The SMILES string of the molecule is Cc1ccc(C(=O)Nc2ccccc2CCC2CCCCN2C)cc1. The first-order chi connectivity index (χ1) is 12.1. The van der Waals surface area contributed by atoms with Gasteiger partial charge in [0.25, 0.3) is 5.91 Å². The number of carbonyl (C=O) groups excluding carboxylic acids is 1. The highest BCUT2D eigenvalue weighted by Gasteiger charge is 2.19. The fraction of sp³-hybridized carbons (Fsp3) is 0.409. The number of carbonyl (C=O) groups is 1. The molecule has 2 aromatic carbocycles. The van der Waals surface area contributed by atoms with Gasteiger partial charge in [-0.05, 0) is 70.0 Å². The molecule has 0 aromatic heterocycles. The molecule has 3 rings (SSSR count). The van der Waals surface area contributed by atoms with Gasteiger partial charge in [0.1, 0.15) is 0 Å². The van der Waals surface area contributed by atoms with Crippen LogP contribution >= 0.6 is 0 Å². The van der Waals surface area contributed by atoms with Crippen molar-refractivity contribution in [3.8, 4) is 0 Å². The molecule has 0 aliphatic carbocycles. The molecule has 1 saturated heterocycles. The third-order valence-corrected chi connectivity index (χ3v) is 5.25. The van der Waals surface area contributed by atoms with Gasteiger partial charge >= 0.3 is 0 Å². The number of aryl methyl sites for hydroxylation is 2. The van der Waals surface area contributed by atoms with E-state index in [-0.39, 0.29) is 5.91 Å². The highest BCUT2D eigenvalue weighted by atomic mass is 16.1. The molecule has 0 bridgehead atoms. The van der Waals surface area contributed by atoms with Crippen molar-refractivity contribution in [1.29, 1.82) is 0 Å². The molecule has 1 aliphatic heterocycles. The van der Waals surface area contributed by atoms with Gasteiger partial charge in [-0.3, -0.25) is 4.79 Å². The number of amides is 1. The lowest BCUT2D eigenvalue weighted by atomic mass is 9.96. The molecule has 1 atom stereocenters. The number of likely N-dealkylation sites (tertiary alicyclic amines) is 1. The van der Waals surface area contributed by atoms with Crippen molar-refractivity contribution in [3.63, 3.8) is 0 Å². The molecule has 2 aromatic rings. The van der Waals surface area contributed by atoms with Crippen LogP contribution < -0.4 is 5.32 Å². The summed E-state index contributed by atoms with van der Waals surface area (Å²) in [6.07, 6.45) is 6.08. The number of hydrogen-bond donors (Lipinski definition) is 1. The maximum Gasteiger partial charge on any atom is 0.255 e. The molecule has 1 amide bonds. The highest BCUT2D eigenvalue weighted by Crippen LogP contribution is 2.23. The summed E-state index contributed by atoms with van der Waals surface area (Å²) in [6.45, 7) is 3.23. The number of benzene rings is 2. The van der Waals surface area contributed by atoms with Crippen LogP contribution in [0.15, 0.2) is 48.5 Å². The quantitative estimate of drug-likeness (QED) is 0.861. The van der Waals surface area contributed by atoms with Gasteiger partial charge in [-0.1, -0.05) is 42.3 Å². The molecular formula is C22H28N2O. The van der Waals surface area contributed by atoms with Crippen LogP contribution in [-0.4, -0.2) is 30.4 Å². The summed E-state index contributed by atoms with van der Waals surface area (Å²) in [5.74, 6) is -0.0396. The molecule has 0 saturated carbocycles. The minimum absolute atomic E-state index is 0.0396. The Kier molecular flexibility index (Phi) is 5.87. The van der Waals surface area contributed by atoms with Gasteiger partial charge in [0, 0.05) is 17.3 Å². The Morgan fingerprint density at radius 2 is 1.88 bits per heavy atom. The van der Waals surface area contributed by atoms with Crippen LogP contribution in [0, 0.1) is 6.92 Å². The molecule has 1 heterocycles. The second kappa shape index (κ2) is 8.30. The van der Waals surface area contributed by atoms with Crippen LogP contribution in [0.2, 0.25) is 0 Å². The number of para-hydroxylation sites is 1. The predicted octanol–water partition coefficient (Wildman–Crippen LogP) is 4.66. The van der Waals surface area contributed by atoms with Crippen LogP contribution in [-0.2, 0) is 6.42 Å². The number of hydrogen-bond acceptors (Lipinski definition) is 2. The smallest absolute Gasteiger partial charge is 0.255 e. The second-order valence-corrected chi connectivity index (χ2v) is 7.15. The van der Waals surface area contributed by atoms with Crippen LogP contribution in [0.4, 0.5) is 5.69 Å². The van der Waals surface area contributed by atoms with Crippen molar-refractivity contribution < 1.29 is 4.79 Å². The van der Waals surface area contributed by atoms with E-state index in [0.717, 1.165) is 24.1 Å². The molecule has 3 nitrogen and oxygen atoms in total. The minimum atomic E-state index is -0.0396. The average molecular weight is 336 g/mol. The fourth-order valence-corrected chi connectivity index (χ4v) is 3.59. The molecular weight excluding hydrogens is 308 g/mol. The Labute approximate surface area is 151 Å². The van der Waals surface area contributed by atoms with Crippen molar-refractivity contribution in [2.75, 3.05) is 18.9 Å². The summed E-state index contributed by atoms with van der Waals surface area (Å²) in [5, 5.41) is 3.09. The van der Waals surface area contributed by atoms with Crippen molar-refractivity contribution in [3.05, 3.63) is 65.2 Å². The van der Waals surface area contributed by atoms with Crippen molar-refractivity contribution >= 4 is 11.6 Å². The van der Waals surface area contributed by atoms with Crippen LogP contribution in [0.1, 0.15) is 47.2 Å². The lowest BCUT2D eigenvalue weighted by Gasteiger charge is -2.32. The molecule has 1 N–H and O–H groups in total. The lowest BCUT2D eigenvalue weighted by Crippen LogP contribution is -2.36. The second-order valence-electron chi connectivity index (χ2n) is 7.15. The standard InChI is InChI=1S/C22H28N2O/c1-17-10-12-19(13-11-17)22(25)23-21-9-4-3-7-18(21)14-15-20-8-5-6-16-24(20)2/h3-4,7,9-13,20H,5-6,8,14-16H2,1-2H3,(H,23,25). The van der Waals surface area contributed by atoms with E-state index in [9.17, 15) is 4.79 Å². The summed E-state index contributed by atoms with van der Waals surface area (Å²) in [4.78, 5) is 15.0. The third kappa shape index (κ3) is 4.70. The van der Waals surface area contributed by atoms with Crippen molar-refractivity contribution in [2.24, 2.45) is 0 Å². The Morgan fingerprint density at radius 3 is 2.64 bits per heavy atom. The van der Waals surface area contributed by atoms with Crippen LogP contribution in [0.5, 0.6) is 0 Å². The van der Waals surface area contributed by atoms with Crippen molar-refractivity contribution in [2.45, 2.75) is 45.1 Å². The van der Waals surface area contributed by atoms with Gasteiger partial charge in [-0.15, -0.1) is 0 Å². The Hall–Kier alpha value is -2.13. The first-order valence-electron chi connectivity index (χ1n) is 9.29. The van der Waals surface area contributed by atoms with E-state index < -0.39 is 0 Å². The summed E-state index contributed by atoms with van der Waals surface area (Å²) < 4.78 is 0. The fourth-order valence-electron chi connectivity index (χ4n) is 3.59. The first-order valence-corrected chi connectivity index (χ1v) is 9.29. The van der Waals surface area contributed by atoms with E-state index in [1.807, 2.05) is 43.3 Å². The molecule has 0 radical (unpaired) electrons. The number of piperidine rings is 1. The van der Waals surface area contributed by atoms with E-state index in [1.165, 1.54) is 31.4 Å². The first kappa shape index (κ1) is 17.7. The van der Waals surface area contributed by atoms with Gasteiger partial charge in [-0.2, -0.15) is 0 Å². The normalized spacial score (nSPS) is 18.1. The number of rotatable bonds is 5. The molecule has 1 unspecified atom stereocenters. The van der Waals surface area contributed by atoms with E-state index in [2.05, 4.69) is 29.4 Å². The maximum absolute atomic E-state index is 12.5. The third-order valence-electron chi connectivity index (χ3n) is 5.25. The van der Waals surface area contributed by atoms with Crippen molar-refractivity contribution in [1.82, 2.24) is 4.90 Å². The molecule has 3 heteroatoms. The minimum Gasteiger partial charge on any atom is -0.322 e. The molecule has 1 fully saturated rings. The van der Waals surface area contributed by atoms with Gasteiger partial charge in [-0.25, -0.2) is 0 Å². The Bertz CT molecular complexity index is 708. The van der Waals surface area contributed by atoms with Gasteiger partial charge in [0.15, 0.2) is 0 Å². The zero-order valence-electron chi connectivity index (χ0n) is 15.3. The van der Waals surface area contributed by atoms with E-state index in [1.54, 1.807) is 0 Å². The molecule has 0 spiro atoms.